The lowest BCUT2D eigenvalue weighted by molar-refractivity contribution is 0.132. The van der Waals surface area contributed by atoms with Crippen molar-refractivity contribution in [1.29, 1.82) is 0 Å². The van der Waals surface area contributed by atoms with Crippen LogP contribution in [0.3, 0.4) is 0 Å². The summed E-state index contributed by atoms with van der Waals surface area (Å²) in [4.78, 5) is 0. The molecule has 1 N–H and O–H groups in total. The van der Waals surface area contributed by atoms with Crippen LogP contribution in [-0.4, -0.2) is 25.8 Å². The van der Waals surface area contributed by atoms with Gasteiger partial charge in [0.05, 0.1) is 13.2 Å². The monoisotopic (exact) mass is 263 g/mol. The summed E-state index contributed by atoms with van der Waals surface area (Å²) in [6.07, 6.45) is 4.80. The Morgan fingerprint density at radius 3 is 2.84 bits per heavy atom. The van der Waals surface area contributed by atoms with Gasteiger partial charge in [0.2, 0.25) is 0 Å². The number of ether oxygens (including phenoxy) is 1. The van der Waals surface area contributed by atoms with Crippen molar-refractivity contribution in [3.05, 3.63) is 48.3 Å². The molecule has 2 rings (SSSR count). The average molecular weight is 263 g/mol. The molecule has 0 amide bonds. The number of benzene rings is 1. The van der Waals surface area contributed by atoms with Crippen molar-refractivity contribution in [3.8, 4) is 0 Å². The molecule has 0 saturated heterocycles. The quantitative estimate of drug-likeness (QED) is 0.574. The predicted octanol–water partition coefficient (Wildman–Crippen LogP) is 3.25. The van der Waals surface area contributed by atoms with E-state index < -0.39 is 0 Å². The number of hydrogen-bond acceptors (Lipinski definition) is 2. The molecular formula is C16H22FNO. The Labute approximate surface area is 114 Å². The molecule has 3 heteroatoms. The summed E-state index contributed by atoms with van der Waals surface area (Å²) >= 11 is 0. The second kappa shape index (κ2) is 7.41. The zero-order valence-corrected chi connectivity index (χ0v) is 11.3. The maximum absolute atomic E-state index is 13.6. The van der Waals surface area contributed by atoms with Crippen LogP contribution in [0.1, 0.15) is 30.7 Å². The fraction of sp³-hybridized carbons (Fsp3) is 0.500. The SMILES string of the molecule is C=CCCOCCNC1CC(c2ccccc2F)C1. The molecule has 0 atom stereocenters. The molecule has 1 aromatic rings. The lowest BCUT2D eigenvalue weighted by atomic mass is 9.75. The largest absolute Gasteiger partial charge is 0.380 e. The van der Waals surface area contributed by atoms with Crippen molar-refractivity contribution in [2.24, 2.45) is 0 Å². The van der Waals surface area contributed by atoms with E-state index in [0.29, 0.717) is 12.0 Å². The highest BCUT2D eigenvalue weighted by Crippen LogP contribution is 2.37. The van der Waals surface area contributed by atoms with E-state index in [9.17, 15) is 4.39 Å². The first-order valence-electron chi connectivity index (χ1n) is 6.97. The van der Waals surface area contributed by atoms with Crippen LogP contribution in [0, 0.1) is 5.82 Å². The van der Waals surface area contributed by atoms with Crippen molar-refractivity contribution >= 4 is 0 Å². The van der Waals surface area contributed by atoms with E-state index in [2.05, 4.69) is 11.9 Å². The third kappa shape index (κ3) is 4.15. The standard InChI is InChI=1S/C16H22FNO/c1-2-3-9-19-10-8-18-14-11-13(12-14)15-6-4-5-7-16(15)17/h2,4-7,13-14,18H,1,3,8-12H2. The normalized spacial score (nSPS) is 21.9. The highest BCUT2D eigenvalue weighted by Gasteiger charge is 2.31. The van der Waals surface area contributed by atoms with Gasteiger partial charge in [-0.1, -0.05) is 24.3 Å². The van der Waals surface area contributed by atoms with Crippen LogP contribution in [-0.2, 0) is 4.74 Å². The summed E-state index contributed by atoms with van der Waals surface area (Å²) in [6, 6.07) is 7.60. The Balaban J connectivity index is 1.59. The molecule has 104 valence electrons. The van der Waals surface area contributed by atoms with E-state index in [4.69, 9.17) is 4.74 Å². The fourth-order valence-corrected chi connectivity index (χ4v) is 2.45. The second-order valence-electron chi connectivity index (χ2n) is 5.03. The van der Waals surface area contributed by atoms with Crippen molar-refractivity contribution < 1.29 is 9.13 Å². The molecule has 1 aliphatic rings. The molecular weight excluding hydrogens is 241 g/mol. The van der Waals surface area contributed by atoms with Gasteiger partial charge in [-0.15, -0.1) is 6.58 Å². The highest BCUT2D eigenvalue weighted by molar-refractivity contribution is 5.24. The number of halogens is 1. The summed E-state index contributed by atoms with van der Waals surface area (Å²) in [5.74, 6) is 0.305. The van der Waals surface area contributed by atoms with Gasteiger partial charge in [0.15, 0.2) is 0 Å². The minimum Gasteiger partial charge on any atom is -0.380 e. The van der Waals surface area contributed by atoms with Gasteiger partial charge in [-0.2, -0.15) is 0 Å². The van der Waals surface area contributed by atoms with E-state index in [0.717, 1.165) is 44.6 Å². The van der Waals surface area contributed by atoms with Gasteiger partial charge in [-0.3, -0.25) is 0 Å². The van der Waals surface area contributed by atoms with Crippen molar-refractivity contribution in [3.63, 3.8) is 0 Å². The summed E-state index contributed by atoms with van der Waals surface area (Å²) in [7, 11) is 0. The topological polar surface area (TPSA) is 21.3 Å². The van der Waals surface area contributed by atoms with E-state index in [1.807, 2.05) is 18.2 Å². The van der Waals surface area contributed by atoms with Crippen LogP contribution in [0.25, 0.3) is 0 Å². The minimum atomic E-state index is -0.0706. The maximum atomic E-state index is 13.6. The summed E-state index contributed by atoms with van der Waals surface area (Å²) in [5, 5.41) is 3.44. The number of rotatable bonds is 8. The first-order chi connectivity index (χ1) is 9.31. The van der Waals surface area contributed by atoms with E-state index in [1.165, 1.54) is 0 Å². The van der Waals surface area contributed by atoms with Crippen LogP contribution >= 0.6 is 0 Å². The molecule has 1 aliphatic carbocycles. The molecule has 0 radical (unpaired) electrons. The third-order valence-electron chi connectivity index (χ3n) is 3.63. The first kappa shape index (κ1) is 14.2. The highest BCUT2D eigenvalue weighted by atomic mass is 19.1. The summed E-state index contributed by atoms with van der Waals surface area (Å²) < 4.78 is 19.0. The third-order valence-corrected chi connectivity index (χ3v) is 3.63. The molecule has 0 spiro atoms. The van der Waals surface area contributed by atoms with Crippen molar-refractivity contribution in [2.75, 3.05) is 19.8 Å². The van der Waals surface area contributed by atoms with Crippen LogP contribution in [0.2, 0.25) is 0 Å². The summed E-state index contributed by atoms with van der Waals surface area (Å²) in [6.45, 7) is 5.99. The Hall–Kier alpha value is -1.19. The molecule has 19 heavy (non-hydrogen) atoms. The second-order valence-corrected chi connectivity index (χ2v) is 5.03. The fourth-order valence-electron chi connectivity index (χ4n) is 2.45. The van der Waals surface area contributed by atoms with E-state index in [-0.39, 0.29) is 5.82 Å². The molecule has 0 aliphatic heterocycles. The van der Waals surface area contributed by atoms with Gasteiger partial charge in [-0.25, -0.2) is 4.39 Å². The van der Waals surface area contributed by atoms with Crippen molar-refractivity contribution in [2.45, 2.75) is 31.2 Å². The zero-order chi connectivity index (χ0) is 13.5. The average Bonchev–Trinajstić information content (AvgIpc) is 2.37. The van der Waals surface area contributed by atoms with Gasteiger partial charge >= 0.3 is 0 Å². The number of hydrogen-bond donors (Lipinski definition) is 1. The Bertz CT molecular complexity index is 401. The smallest absolute Gasteiger partial charge is 0.126 e. The van der Waals surface area contributed by atoms with Crippen molar-refractivity contribution in [1.82, 2.24) is 5.32 Å². The van der Waals surface area contributed by atoms with Crippen LogP contribution in [0.15, 0.2) is 36.9 Å². The summed E-state index contributed by atoms with van der Waals surface area (Å²) in [5.41, 5.74) is 0.864. The van der Waals surface area contributed by atoms with Crippen LogP contribution in [0.5, 0.6) is 0 Å². The van der Waals surface area contributed by atoms with Gasteiger partial charge < -0.3 is 10.1 Å². The molecule has 1 aromatic carbocycles. The molecule has 1 fully saturated rings. The Morgan fingerprint density at radius 1 is 1.32 bits per heavy atom. The number of nitrogens with one attached hydrogen (secondary N) is 1. The molecule has 1 saturated carbocycles. The molecule has 2 nitrogen and oxygen atoms in total. The Morgan fingerprint density at radius 2 is 2.11 bits per heavy atom. The van der Waals surface area contributed by atoms with Crippen LogP contribution < -0.4 is 5.32 Å². The van der Waals surface area contributed by atoms with Crippen LogP contribution in [0.4, 0.5) is 4.39 Å². The molecule has 0 heterocycles. The minimum absolute atomic E-state index is 0.0706. The van der Waals surface area contributed by atoms with Gasteiger partial charge in [0.25, 0.3) is 0 Å². The molecule has 0 aromatic heterocycles. The lowest BCUT2D eigenvalue weighted by Crippen LogP contribution is -2.41. The van der Waals surface area contributed by atoms with Gasteiger partial charge in [0, 0.05) is 12.6 Å². The lowest BCUT2D eigenvalue weighted by Gasteiger charge is -2.36. The first-order valence-corrected chi connectivity index (χ1v) is 6.97. The maximum Gasteiger partial charge on any atom is 0.126 e. The van der Waals surface area contributed by atoms with E-state index in [1.54, 1.807) is 12.1 Å². The predicted molar refractivity (Wildman–Crippen MR) is 75.8 cm³/mol. The van der Waals surface area contributed by atoms with Gasteiger partial charge in [-0.05, 0) is 36.8 Å². The molecule has 0 bridgehead atoms. The molecule has 0 unspecified atom stereocenters. The Kier molecular flexibility index (Phi) is 5.55. The van der Waals surface area contributed by atoms with Gasteiger partial charge in [0.1, 0.15) is 5.82 Å². The zero-order valence-electron chi connectivity index (χ0n) is 11.3. The van der Waals surface area contributed by atoms with E-state index >= 15 is 0 Å².